The normalized spacial score (nSPS) is 24.6. The highest BCUT2D eigenvalue weighted by molar-refractivity contribution is 9.10. The van der Waals surface area contributed by atoms with Crippen LogP contribution >= 0.6 is 15.9 Å². The summed E-state index contributed by atoms with van der Waals surface area (Å²) < 4.78 is 1.07. The number of carboxylic acid groups (broad SMARTS) is 1. The van der Waals surface area contributed by atoms with Crippen molar-refractivity contribution >= 4 is 21.9 Å². The Balaban J connectivity index is 2.02. The molecule has 74 valence electrons. The smallest absolute Gasteiger partial charge is 0.303 e. The van der Waals surface area contributed by atoms with Crippen molar-refractivity contribution in [3.05, 3.63) is 34.3 Å². The molecule has 2 rings (SSSR count). The number of rotatable bonds is 3. The van der Waals surface area contributed by atoms with Crippen LogP contribution in [0.4, 0.5) is 0 Å². The molecule has 1 aromatic rings. The predicted molar refractivity (Wildman–Crippen MR) is 57.2 cm³/mol. The minimum Gasteiger partial charge on any atom is -0.481 e. The third kappa shape index (κ3) is 2.15. The summed E-state index contributed by atoms with van der Waals surface area (Å²) in [6.45, 7) is 0. The van der Waals surface area contributed by atoms with Crippen LogP contribution in [0.25, 0.3) is 0 Å². The van der Waals surface area contributed by atoms with E-state index in [1.165, 1.54) is 5.56 Å². The van der Waals surface area contributed by atoms with Crippen LogP contribution < -0.4 is 0 Å². The van der Waals surface area contributed by atoms with E-state index in [0.29, 0.717) is 18.3 Å². The molecular formula is C11H11BrO2. The lowest BCUT2D eigenvalue weighted by molar-refractivity contribution is -0.137. The summed E-state index contributed by atoms with van der Waals surface area (Å²) in [4.78, 5) is 10.5. The number of halogens is 1. The molecule has 2 nitrogen and oxygen atoms in total. The van der Waals surface area contributed by atoms with Crippen LogP contribution in [0, 0.1) is 5.92 Å². The molecule has 2 unspecified atom stereocenters. The van der Waals surface area contributed by atoms with Crippen LogP contribution in [0.1, 0.15) is 24.3 Å². The van der Waals surface area contributed by atoms with E-state index in [0.717, 1.165) is 10.9 Å². The van der Waals surface area contributed by atoms with Crippen molar-refractivity contribution in [2.24, 2.45) is 5.92 Å². The van der Waals surface area contributed by atoms with Crippen LogP contribution in [-0.2, 0) is 4.79 Å². The Morgan fingerprint density at radius 1 is 1.57 bits per heavy atom. The zero-order chi connectivity index (χ0) is 10.1. The van der Waals surface area contributed by atoms with Crippen molar-refractivity contribution in [1.29, 1.82) is 0 Å². The van der Waals surface area contributed by atoms with E-state index in [2.05, 4.69) is 28.1 Å². The summed E-state index contributed by atoms with van der Waals surface area (Å²) in [5.41, 5.74) is 1.26. The Morgan fingerprint density at radius 2 is 2.36 bits per heavy atom. The molecule has 3 heteroatoms. The van der Waals surface area contributed by atoms with E-state index in [-0.39, 0.29) is 0 Å². The molecule has 1 aliphatic rings. The minimum absolute atomic E-state index is 0.303. The van der Waals surface area contributed by atoms with Gasteiger partial charge in [-0.25, -0.2) is 0 Å². The average Bonchev–Trinajstić information content (AvgIpc) is 2.82. The van der Waals surface area contributed by atoms with E-state index in [1.54, 1.807) is 0 Å². The van der Waals surface area contributed by atoms with Gasteiger partial charge in [0.2, 0.25) is 0 Å². The maximum absolute atomic E-state index is 10.5. The standard InChI is InChI=1S/C11H11BrO2/c12-9-3-1-2-7(4-9)10-5-8(10)6-11(13)14/h1-4,8,10H,5-6H2,(H,13,14). The quantitative estimate of drug-likeness (QED) is 0.901. The van der Waals surface area contributed by atoms with Gasteiger partial charge in [-0.15, -0.1) is 0 Å². The summed E-state index contributed by atoms with van der Waals surface area (Å²) in [7, 11) is 0. The van der Waals surface area contributed by atoms with Crippen molar-refractivity contribution < 1.29 is 9.90 Å². The Hall–Kier alpha value is -0.830. The molecule has 0 bridgehead atoms. The first-order valence-corrected chi connectivity index (χ1v) is 5.43. The van der Waals surface area contributed by atoms with Gasteiger partial charge in [0.05, 0.1) is 0 Å². The van der Waals surface area contributed by atoms with Crippen molar-refractivity contribution in [3.8, 4) is 0 Å². The van der Waals surface area contributed by atoms with Gasteiger partial charge in [-0.1, -0.05) is 28.1 Å². The molecule has 1 aromatic carbocycles. The fourth-order valence-corrected chi connectivity index (χ4v) is 2.26. The molecule has 1 saturated carbocycles. The molecular weight excluding hydrogens is 244 g/mol. The number of benzene rings is 1. The number of aliphatic carboxylic acids is 1. The summed E-state index contributed by atoms with van der Waals surface area (Å²) in [5, 5.41) is 8.63. The van der Waals surface area contributed by atoms with Gasteiger partial charge in [-0.3, -0.25) is 4.79 Å². The molecule has 0 heterocycles. The summed E-state index contributed by atoms with van der Waals surface area (Å²) in [6, 6.07) is 8.12. The molecule has 2 atom stereocenters. The fraction of sp³-hybridized carbons (Fsp3) is 0.364. The van der Waals surface area contributed by atoms with Crippen LogP contribution in [0.2, 0.25) is 0 Å². The highest BCUT2D eigenvalue weighted by Gasteiger charge is 2.39. The molecule has 1 fully saturated rings. The Morgan fingerprint density at radius 3 is 3.00 bits per heavy atom. The van der Waals surface area contributed by atoms with Crippen molar-refractivity contribution in [3.63, 3.8) is 0 Å². The second kappa shape index (κ2) is 3.73. The maximum Gasteiger partial charge on any atom is 0.303 e. The van der Waals surface area contributed by atoms with Gasteiger partial charge >= 0.3 is 5.97 Å². The molecule has 14 heavy (non-hydrogen) atoms. The maximum atomic E-state index is 10.5. The molecule has 0 amide bonds. The molecule has 0 radical (unpaired) electrons. The zero-order valence-corrected chi connectivity index (χ0v) is 9.20. The lowest BCUT2D eigenvalue weighted by Gasteiger charge is -1.99. The highest BCUT2D eigenvalue weighted by atomic mass is 79.9. The van der Waals surface area contributed by atoms with Crippen LogP contribution in [0.5, 0.6) is 0 Å². The topological polar surface area (TPSA) is 37.3 Å². The van der Waals surface area contributed by atoms with Crippen molar-refractivity contribution in [2.75, 3.05) is 0 Å². The van der Waals surface area contributed by atoms with Gasteiger partial charge in [0, 0.05) is 10.9 Å². The molecule has 1 N–H and O–H groups in total. The molecule has 0 aliphatic heterocycles. The van der Waals surface area contributed by atoms with Crippen LogP contribution in [0.3, 0.4) is 0 Å². The Labute approximate surface area is 91.1 Å². The van der Waals surface area contributed by atoms with E-state index in [9.17, 15) is 4.79 Å². The average molecular weight is 255 g/mol. The van der Waals surface area contributed by atoms with E-state index < -0.39 is 5.97 Å². The summed E-state index contributed by atoms with van der Waals surface area (Å²) >= 11 is 3.41. The summed E-state index contributed by atoms with van der Waals surface area (Å²) in [6.07, 6.45) is 1.32. The van der Waals surface area contributed by atoms with Gasteiger partial charge in [-0.2, -0.15) is 0 Å². The first-order chi connectivity index (χ1) is 6.66. The Bertz CT molecular complexity index is 362. The SMILES string of the molecule is O=C(O)CC1CC1c1cccc(Br)c1. The van der Waals surface area contributed by atoms with Gasteiger partial charge in [0.25, 0.3) is 0 Å². The molecule has 0 spiro atoms. The highest BCUT2D eigenvalue weighted by Crippen LogP contribution is 2.49. The van der Waals surface area contributed by atoms with Crippen LogP contribution in [-0.4, -0.2) is 11.1 Å². The van der Waals surface area contributed by atoms with Crippen LogP contribution in [0.15, 0.2) is 28.7 Å². The van der Waals surface area contributed by atoms with Gasteiger partial charge in [-0.05, 0) is 36.0 Å². The van der Waals surface area contributed by atoms with Gasteiger partial charge in [0.15, 0.2) is 0 Å². The van der Waals surface area contributed by atoms with Crippen molar-refractivity contribution in [2.45, 2.75) is 18.8 Å². The predicted octanol–water partition coefficient (Wildman–Crippen LogP) is 3.03. The van der Waals surface area contributed by atoms with Gasteiger partial charge < -0.3 is 5.11 Å². The number of carbonyl (C=O) groups is 1. The monoisotopic (exact) mass is 254 g/mol. The minimum atomic E-state index is -0.688. The third-order valence-corrected chi connectivity index (χ3v) is 3.13. The first-order valence-electron chi connectivity index (χ1n) is 4.64. The fourth-order valence-electron chi connectivity index (χ4n) is 1.84. The second-order valence-corrected chi connectivity index (χ2v) is 4.67. The Kier molecular flexibility index (Phi) is 2.59. The number of hydrogen-bond acceptors (Lipinski definition) is 1. The third-order valence-electron chi connectivity index (χ3n) is 2.64. The van der Waals surface area contributed by atoms with E-state index in [1.807, 2.05) is 12.1 Å². The zero-order valence-electron chi connectivity index (χ0n) is 7.61. The molecule has 0 saturated heterocycles. The first kappa shape index (κ1) is 9.71. The molecule has 1 aliphatic carbocycles. The van der Waals surface area contributed by atoms with Gasteiger partial charge in [0.1, 0.15) is 0 Å². The lowest BCUT2D eigenvalue weighted by Crippen LogP contribution is -1.96. The number of carboxylic acids is 1. The lowest BCUT2D eigenvalue weighted by atomic mass is 10.1. The summed E-state index contributed by atoms with van der Waals surface area (Å²) in [5.74, 6) is 0.123. The molecule has 0 aromatic heterocycles. The largest absolute Gasteiger partial charge is 0.481 e. The van der Waals surface area contributed by atoms with E-state index in [4.69, 9.17) is 5.11 Å². The number of hydrogen-bond donors (Lipinski definition) is 1. The second-order valence-electron chi connectivity index (χ2n) is 3.76. The van der Waals surface area contributed by atoms with Crippen molar-refractivity contribution in [1.82, 2.24) is 0 Å². The van der Waals surface area contributed by atoms with E-state index >= 15 is 0 Å².